The quantitative estimate of drug-likeness (QED) is 0.461. The van der Waals surface area contributed by atoms with Crippen molar-refractivity contribution in [3.8, 4) is 0 Å². The van der Waals surface area contributed by atoms with Crippen LogP contribution in [0.5, 0.6) is 0 Å². The van der Waals surface area contributed by atoms with E-state index in [0.29, 0.717) is 5.95 Å². The first-order valence-corrected chi connectivity index (χ1v) is 9.66. The van der Waals surface area contributed by atoms with Gasteiger partial charge in [-0.2, -0.15) is 4.99 Å². The third kappa shape index (κ3) is 5.28. The molecule has 1 aliphatic rings. The van der Waals surface area contributed by atoms with E-state index in [4.69, 9.17) is 23.2 Å². The second-order valence-corrected chi connectivity index (χ2v) is 7.69. The van der Waals surface area contributed by atoms with Gasteiger partial charge in [-0.25, -0.2) is 9.97 Å². The summed E-state index contributed by atoms with van der Waals surface area (Å²) in [5.41, 5.74) is 1.64. The van der Waals surface area contributed by atoms with E-state index < -0.39 is 10.7 Å². The Morgan fingerprint density at radius 2 is 1.96 bits per heavy atom. The van der Waals surface area contributed by atoms with Crippen LogP contribution in [0.4, 0.5) is 5.95 Å². The molecule has 0 unspecified atom stereocenters. The Morgan fingerprint density at radius 3 is 2.67 bits per heavy atom. The average Bonchev–Trinajstić information content (AvgIpc) is 2.63. The summed E-state index contributed by atoms with van der Waals surface area (Å²) < 4.78 is 0. The lowest BCUT2D eigenvalue weighted by Crippen LogP contribution is -2.46. The fourth-order valence-corrected chi connectivity index (χ4v) is 3.10. The summed E-state index contributed by atoms with van der Waals surface area (Å²) >= 11 is 11.3. The number of carbonyl (C=O) groups is 1. The molecule has 3 rings (SSSR count). The molecule has 2 N–H and O–H groups in total. The van der Waals surface area contributed by atoms with E-state index >= 15 is 0 Å². The molecule has 7 nitrogen and oxygen atoms in total. The molecule has 0 atom stereocenters. The number of piperidine rings is 1. The van der Waals surface area contributed by atoms with E-state index in [1.165, 1.54) is 0 Å². The molecule has 1 aliphatic heterocycles. The molecule has 2 aromatic rings. The van der Waals surface area contributed by atoms with E-state index in [1.807, 2.05) is 31.2 Å². The second kappa shape index (κ2) is 8.82. The van der Waals surface area contributed by atoms with Crippen LogP contribution in [-0.4, -0.2) is 57.7 Å². The van der Waals surface area contributed by atoms with Crippen LogP contribution in [0.1, 0.15) is 18.5 Å². The SMILES string of the molecule is Cc1nc(N/C(=N/C(=O)C(Cl)Cl)NC2CCN(C)CC2)nc2ccccc12. The molecule has 1 aromatic carbocycles. The Labute approximate surface area is 168 Å². The number of likely N-dealkylation sites (tertiary alicyclic amines) is 1. The summed E-state index contributed by atoms with van der Waals surface area (Å²) in [6, 6.07) is 7.93. The molecule has 9 heteroatoms. The Bertz CT molecular complexity index is 849. The lowest BCUT2D eigenvalue weighted by atomic mass is 10.1. The van der Waals surface area contributed by atoms with Crippen LogP contribution in [-0.2, 0) is 4.79 Å². The highest BCUT2D eigenvalue weighted by Crippen LogP contribution is 2.17. The monoisotopic (exact) mass is 408 g/mol. The smallest absolute Gasteiger partial charge is 0.282 e. The number of hydrogen-bond acceptors (Lipinski definition) is 4. The molecule has 0 saturated carbocycles. The van der Waals surface area contributed by atoms with Gasteiger partial charge in [-0.05, 0) is 46.0 Å². The molecule has 1 aromatic heterocycles. The fourth-order valence-electron chi connectivity index (χ4n) is 3.00. The van der Waals surface area contributed by atoms with Gasteiger partial charge in [-0.3, -0.25) is 10.1 Å². The standard InChI is InChI=1S/C18H22Cl2N6O/c1-11-13-5-3-4-6-14(13)23-17(21-11)25-18(24-16(27)15(19)20)22-12-7-9-26(2)10-8-12/h3-6,12,15H,7-10H2,1-2H3,(H2,21,22,23,24,25,27). The van der Waals surface area contributed by atoms with Gasteiger partial charge in [0.05, 0.1) is 11.2 Å². The molecule has 1 amide bonds. The Hall–Kier alpha value is -1.96. The van der Waals surface area contributed by atoms with E-state index in [2.05, 4.69) is 37.5 Å². The van der Waals surface area contributed by atoms with Gasteiger partial charge >= 0.3 is 0 Å². The lowest BCUT2D eigenvalue weighted by molar-refractivity contribution is -0.116. The summed E-state index contributed by atoms with van der Waals surface area (Å²) in [6.07, 6.45) is 1.88. The number of nitrogens with zero attached hydrogens (tertiary/aromatic N) is 4. The van der Waals surface area contributed by atoms with Crippen molar-refractivity contribution in [1.82, 2.24) is 20.2 Å². The maximum atomic E-state index is 11.9. The molecule has 1 saturated heterocycles. The topological polar surface area (TPSA) is 82.5 Å². The van der Waals surface area contributed by atoms with Gasteiger partial charge < -0.3 is 10.2 Å². The zero-order valence-electron chi connectivity index (χ0n) is 15.2. The maximum Gasteiger partial charge on any atom is 0.282 e. The lowest BCUT2D eigenvalue weighted by Gasteiger charge is -2.30. The van der Waals surface area contributed by atoms with Gasteiger partial charge in [0.25, 0.3) is 5.91 Å². The number of amides is 1. The minimum atomic E-state index is -1.22. The summed E-state index contributed by atoms with van der Waals surface area (Å²) in [5.74, 6) is -0.0202. The maximum absolute atomic E-state index is 11.9. The van der Waals surface area contributed by atoms with Gasteiger partial charge in [0, 0.05) is 11.4 Å². The number of rotatable bonds is 3. The van der Waals surface area contributed by atoms with Crippen molar-refractivity contribution >= 4 is 51.9 Å². The van der Waals surface area contributed by atoms with E-state index in [1.54, 1.807) is 0 Å². The number of halogens is 2. The number of guanidine groups is 1. The third-order valence-electron chi connectivity index (χ3n) is 4.49. The van der Waals surface area contributed by atoms with Crippen LogP contribution in [0, 0.1) is 6.92 Å². The van der Waals surface area contributed by atoms with Crippen molar-refractivity contribution in [2.45, 2.75) is 30.6 Å². The highest BCUT2D eigenvalue weighted by molar-refractivity contribution is 6.53. The number of alkyl halides is 2. The fraction of sp³-hybridized carbons (Fsp3) is 0.444. The first-order valence-electron chi connectivity index (χ1n) is 8.78. The minimum Gasteiger partial charge on any atom is -0.353 e. The molecular weight excluding hydrogens is 387 g/mol. The molecule has 1 fully saturated rings. The van der Waals surface area contributed by atoms with Crippen molar-refractivity contribution in [2.75, 3.05) is 25.5 Å². The molecule has 2 heterocycles. The van der Waals surface area contributed by atoms with Gasteiger partial charge in [0.2, 0.25) is 11.9 Å². The first-order chi connectivity index (χ1) is 12.9. The second-order valence-electron chi connectivity index (χ2n) is 6.60. The van der Waals surface area contributed by atoms with Crippen molar-refractivity contribution < 1.29 is 4.79 Å². The summed E-state index contributed by atoms with van der Waals surface area (Å²) in [5, 5.41) is 7.27. The number of benzene rings is 1. The Kier molecular flexibility index (Phi) is 6.46. The molecule has 0 radical (unpaired) electrons. The third-order valence-corrected chi connectivity index (χ3v) is 4.87. The zero-order valence-corrected chi connectivity index (χ0v) is 16.8. The predicted octanol–water partition coefficient (Wildman–Crippen LogP) is 2.72. The number of aryl methyl sites for hydroxylation is 1. The molecule has 27 heavy (non-hydrogen) atoms. The van der Waals surface area contributed by atoms with Gasteiger partial charge in [-0.15, -0.1) is 0 Å². The Morgan fingerprint density at radius 1 is 1.26 bits per heavy atom. The van der Waals surface area contributed by atoms with Crippen LogP contribution in [0.15, 0.2) is 29.3 Å². The number of para-hydroxylation sites is 1. The highest BCUT2D eigenvalue weighted by atomic mass is 35.5. The molecule has 0 aliphatic carbocycles. The van der Waals surface area contributed by atoms with Crippen molar-refractivity contribution in [3.63, 3.8) is 0 Å². The van der Waals surface area contributed by atoms with Crippen LogP contribution >= 0.6 is 23.2 Å². The summed E-state index contributed by atoms with van der Waals surface area (Å²) in [4.78, 5) is 25.9. The van der Waals surface area contributed by atoms with Crippen LogP contribution in [0.25, 0.3) is 10.9 Å². The van der Waals surface area contributed by atoms with Crippen LogP contribution in [0.3, 0.4) is 0 Å². The van der Waals surface area contributed by atoms with Crippen molar-refractivity contribution in [1.29, 1.82) is 0 Å². The molecular formula is C18H22Cl2N6O. The van der Waals surface area contributed by atoms with Gasteiger partial charge in [-0.1, -0.05) is 41.4 Å². The number of anilines is 1. The number of carbonyl (C=O) groups excluding carboxylic acids is 1. The summed E-state index contributed by atoms with van der Waals surface area (Å²) in [6.45, 7) is 3.85. The number of hydrogen-bond donors (Lipinski definition) is 2. The predicted molar refractivity (Wildman–Crippen MR) is 109 cm³/mol. The van der Waals surface area contributed by atoms with Crippen LogP contribution < -0.4 is 10.6 Å². The highest BCUT2D eigenvalue weighted by Gasteiger charge is 2.20. The van der Waals surface area contributed by atoms with Gasteiger partial charge in [0.1, 0.15) is 0 Å². The van der Waals surface area contributed by atoms with Crippen molar-refractivity contribution in [3.05, 3.63) is 30.0 Å². The van der Waals surface area contributed by atoms with Crippen LogP contribution in [0.2, 0.25) is 0 Å². The number of aromatic nitrogens is 2. The van der Waals surface area contributed by atoms with Gasteiger partial charge in [0.15, 0.2) is 4.84 Å². The number of nitrogens with one attached hydrogen (secondary N) is 2. The van der Waals surface area contributed by atoms with Crippen molar-refractivity contribution in [2.24, 2.45) is 4.99 Å². The zero-order chi connectivity index (χ0) is 19.4. The minimum absolute atomic E-state index is 0.186. The average molecular weight is 409 g/mol. The Balaban J connectivity index is 1.83. The first kappa shape index (κ1) is 19.8. The van der Waals surface area contributed by atoms with E-state index in [9.17, 15) is 4.79 Å². The van der Waals surface area contributed by atoms with E-state index in [0.717, 1.165) is 42.5 Å². The largest absolute Gasteiger partial charge is 0.353 e. The molecule has 144 valence electrons. The number of aliphatic imine (C=N–C) groups is 1. The van der Waals surface area contributed by atoms with E-state index in [-0.39, 0.29) is 12.0 Å². The molecule has 0 spiro atoms. The number of fused-ring (bicyclic) bond motifs is 1. The molecule has 0 bridgehead atoms. The summed E-state index contributed by atoms with van der Waals surface area (Å²) in [7, 11) is 2.09. The normalized spacial score (nSPS) is 16.7.